The molecule has 1 N–H and O–H groups in total. The van der Waals surface area contributed by atoms with E-state index in [-0.39, 0.29) is 5.91 Å². The number of alkyl halides is 1. The van der Waals surface area contributed by atoms with Crippen LogP contribution >= 0.6 is 33.9 Å². The fourth-order valence-corrected chi connectivity index (χ4v) is 2.80. The molecule has 1 aromatic rings. The minimum absolute atomic E-state index is 0.0255. The summed E-state index contributed by atoms with van der Waals surface area (Å²) in [4.78, 5) is 16.8. The molecular weight excluding hydrogens is 335 g/mol. The molecule has 0 saturated heterocycles. The maximum absolute atomic E-state index is 11.8. The van der Waals surface area contributed by atoms with Crippen LogP contribution < -0.4 is 5.32 Å². The highest BCUT2D eigenvalue weighted by Gasteiger charge is 2.12. The smallest absolute Gasteiger partial charge is 0.263 e. The first-order valence-electron chi connectivity index (χ1n) is 5.43. The molecule has 0 atom stereocenters. The second kappa shape index (κ2) is 7.21. The number of hydrogen-bond donors (Lipinski definition) is 1. The predicted molar refractivity (Wildman–Crippen MR) is 76.7 cm³/mol. The van der Waals surface area contributed by atoms with Crippen molar-refractivity contribution in [3.8, 4) is 0 Å². The topological polar surface area (TPSA) is 42.0 Å². The lowest BCUT2D eigenvalue weighted by Gasteiger charge is -2.03. The van der Waals surface area contributed by atoms with Gasteiger partial charge in [0.05, 0.1) is 10.7 Å². The first kappa shape index (κ1) is 13.9. The zero-order valence-electron chi connectivity index (χ0n) is 9.68. The second-order valence-electron chi connectivity index (χ2n) is 3.65. The van der Waals surface area contributed by atoms with E-state index in [1.54, 1.807) is 0 Å². The summed E-state index contributed by atoms with van der Waals surface area (Å²) >= 11 is 3.84. The van der Waals surface area contributed by atoms with Gasteiger partial charge in [0.15, 0.2) is 0 Å². The Kier molecular flexibility index (Phi) is 6.26. The number of thiazole rings is 1. The SMILES string of the molecule is Cc1nc(C)c(C(=O)NCCCCCI)s1. The van der Waals surface area contributed by atoms with Gasteiger partial charge in [-0.05, 0) is 31.1 Å². The van der Waals surface area contributed by atoms with Crippen LogP contribution in [0, 0.1) is 13.8 Å². The summed E-state index contributed by atoms with van der Waals surface area (Å²) in [5.74, 6) is 0.0255. The van der Waals surface area contributed by atoms with E-state index in [1.807, 2.05) is 13.8 Å². The number of amides is 1. The van der Waals surface area contributed by atoms with E-state index in [0.717, 1.165) is 28.5 Å². The van der Waals surface area contributed by atoms with Crippen molar-refractivity contribution in [1.82, 2.24) is 10.3 Å². The number of carbonyl (C=O) groups is 1. The van der Waals surface area contributed by atoms with Crippen LogP contribution in [0.25, 0.3) is 0 Å². The lowest BCUT2D eigenvalue weighted by molar-refractivity contribution is 0.0956. The van der Waals surface area contributed by atoms with E-state index in [2.05, 4.69) is 32.9 Å². The van der Waals surface area contributed by atoms with Crippen LogP contribution in [-0.4, -0.2) is 21.9 Å². The van der Waals surface area contributed by atoms with Crippen LogP contribution in [-0.2, 0) is 0 Å². The zero-order valence-corrected chi connectivity index (χ0v) is 12.7. The Morgan fingerprint density at radius 1 is 1.38 bits per heavy atom. The average Bonchev–Trinajstić information content (AvgIpc) is 2.57. The van der Waals surface area contributed by atoms with Gasteiger partial charge in [0.25, 0.3) is 5.91 Å². The van der Waals surface area contributed by atoms with Gasteiger partial charge in [0.1, 0.15) is 4.88 Å². The lowest BCUT2D eigenvalue weighted by Crippen LogP contribution is -2.24. The number of carbonyl (C=O) groups excluding carboxylic acids is 1. The molecular formula is C11H17IN2OS. The monoisotopic (exact) mass is 352 g/mol. The summed E-state index contributed by atoms with van der Waals surface area (Å²) in [6.45, 7) is 4.58. The van der Waals surface area contributed by atoms with Crippen molar-refractivity contribution < 1.29 is 4.79 Å². The Balaban J connectivity index is 2.33. The van der Waals surface area contributed by atoms with E-state index < -0.39 is 0 Å². The van der Waals surface area contributed by atoms with Gasteiger partial charge in [-0.25, -0.2) is 4.98 Å². The number of rotatable bonds is 6. The van der Waals surface area contributed by atoms with Crippen molar-refractivity contribution in [2.75, 3.05) is 11.0 Å². The molecule has 0 radical (unpaired) electrons. The number of aryl methyl sites for hydroxylation is 2. The molecule has 1 heterocycles. The fourth-order valence-electron chi connectivity index (χ4n) is 1.42. The second-order valence-corrected chi connectivity index (χ2v) is 5.93. The molecule has 0 aliphatic rings. The van der Waals surface area contributed by atoms with Crippen molar-refractivity contribution in [2.24, 2.45) is 0 Å². The van der Waals surface area contributed by atoms with Crippen LogP contribution in [0.4, 0.5) is 0 Å². The van der Waals surface area contributed by atoms with Gasteiger partial charge in [-0.1, -0.05) is 29.0 Å². The molecule has 3 nitrogen and oxygen atoms in total. The molecule has 0 saturated carbocycles. The minimum Gasteiger partial charge on any atom is -0.351 e. The Morgan fingerprint density at radius 3 is 2.69 bits per heavy atom. The van der Waals surface area contributed by atoms with E-state index >= 15 is 0 Å². The van der Waals surface area contributed by atoms with Gasteiger partial charge in [0.2, 0.25) is 0 Å². The van der Waals surface area contributed by atoms with Crippen molar-refractivity contribution in [3.63, 3.8) is 0 Å². The summed E-state index contributed by atoms with van der Waals surface area (Å²) in [5.41, 5.74) is 0.840. The molecule has 5 heteroatoms. The number of aromatic nitrogens is 1. The van der Waals surface area contributed by atoms with E-state index in [9.17, 15) is 4.79 Å². The molecule has 1 aromatic heterocycles. The summed E-state index contributed by atoms with van der Waals surface area (Å²) in [7, 11) is 0. The summed E-state index contributed by atoms with van der Waals surface area (Å²) in [6, 6.07) is 0. The maximum atomic E-state index is 11.8. The van der Waals surface area contributed by atoms with Gasteiger partial charge in [-0.2, -0.15) is 0 Å². The van der Waals surface area contributed by atoms with Gasteiger partial charge >= 0.3 is 0 Å². The number of halogens is 1. The summed E-state index contributed by atoms with van der Waals surface area (Å²) in [5, 5.41) is 3.89. The Hall–Kier alpha value is -0.170. The summed E-state index contributed by atoms with van der Waals surface area (Å²) < 4.78 is 1.19. The Labute approximate surface area is 114 Å². The standard InChI is InChI=1S/C11H17IN2OS/c1-8-10(16-9(2)14-8)11(15)13-7-5-3-4-6-12/h3-7H2,1-2H3,(H,13,15). The van der Waals surface area contributed by atoms with Crippen LogP contribution in [0.3, 0.4) is 0 Å². The van der Waals surface area contributed by atoms with Crippen LogP contribution in [0.5, 0.6) is 0 Å². The van der Waals surface area contributed by atoms with Crippen molar-refractivity contribution in [1.29, 1.82) is 0 Å². The molecule has 0 aliphatic heterocycles. The number of hydrogen-bond acceptors (Lipinski definition) is 3. The molecule has 1 amide bonds. The molecule has 0 aromatic carbocycles. The molecule has 90 valence electrons. The molecule has 0 fully saturated rings. The third-order valence-electron chi connectivity index (χ3n) is 2.21. The van der Waals surface area contributed by atoms with Gasteiger partial charge in [-0.15, -0.1) is 11.3 Å². The third-order valence-corrected chi connectivity index (χ3v) is 4.04. The first-order valence-corrected chi connectivity index (χ1v) is 7.77. The highest BCUT2D eigenvalue weighted by Crippen LogP contribution is 2.16. The van der Waals surface area contributed by atoms with E-state index in [4.69, 9.17) is 0 Å². The normalized spacial score (nSPS) is 10.4. The Bertz CT molecular complexity index is 352. The van der Waals surface area contributed by atoms with Gasteiger partial charge in [-0.3, -0.25) is 4.79 Å². The average molecular weight is 352 g/mol. The number of nitrogens with zero attached hydrogens (tertiary/aromatic N) is 1. The van der Waals surface area contributed by atoms with Gasteiger partial charge in [0, 0.05) is 6.54 Å². The van der Waals surface area contributed by atoms with Crippen molar-refractivity contribution in [2.45, 2.75) is 33.1 Å². The minimum atomic E-state index is 0.0255. The van der Waals surface area contributed by atoms with Crippen LogP contribution in [0.15, 0.2) is 0 Å². The molecule has 0 unspecified atom stereocenters. The lowest BCUT2D eigenvalue weighted by atomic mass is 10.2. The van der Waals surface area contributed by atoms with Crippen molar-refractivity contribution in [3.05, 3.63) is 15.6 Å². The Morgan fingerprint density at radius 2 is 2.12 bits per heavy atom. The summed E-state index contributed by atoms with van der Waals surface area (Å²) in [6.07, 6.45) is 3.48. The molecule has 0 aliphatic carbocycles. The molecule has 0 bridgehead atoms. The first-order chi connectivity index (χ1) is 7.65. The number of nitrogens with one attached hydrogen (secondary N) is 1. The highest BCUT2D eigenvalue weighted by atomic mass is 127. The zero-order chi connectivity index (χ0) is 12.0. The quantitative estimate of drug-likeness (QED) is 0.486. The predicted octanol–water partition coefficient (Wildman–Crippen LogP) is 3.10. The largest absolute Gasteiger partial charge is 0.351 e. The maximum Gasteiger partial charge on any atom is 0.263 e. The number of unbranched alkanes of at least 4 members (excludes halogenated alkanes) is 2. The van der Waals surface area contributed by atoms with E-state index in [0.29, 0.717) is 0 Å². The fraction of sp³-hybridized carbons (Fsp3) is 0.636. The van der Waals surface area contributed by atoms with Crippen LogP contribution in [0.1, 0.15) is 39.6 Å². The van der Waals surface area contributed by atoms with E-state index in [1.165, 1.54) is 28.6 Å². The molecule has 0 spiro atoms. The van der Waals surface area contributed by atoms with Gasteiger partial charge < -0.3 is 5.32 Å². The van der Waals surface area contributed by atoms with Crippen LogP contribution in [0.2, 0.25) is 0 Å². The highest BCUT2D eigenvalue weighted by molar-refractivity contribution is 14.1. The third kappa shape index (κ3) is 4.37. The van der Waals surface area contributed by atoms with Crippen molar-refractivity contribution >= 4 is 39.8 Å². The molecule has 16 heavy (non-hydrogen) atoms. The molecule has 1 rings (SSSR count).